The van der Waals surface area contributed by atoms with E-state index in [0.29, 0.717) is 0 Å². The average Bonchev–Trinajstić information content (AvgIpc) is 2.49. The smallest absolute Gasteiger partial charge is 0.325 e. The van der Waals surface area contributed by atoms with E-state index in [0.717, 1.165) is 12.3 Å². The fourth-order valence-electron chi connectivity index (χ4n) is 1.59. The van der Waals surface area contributed by atoms with Gasteiger partial charge >= 0.3 is 11.9 Å². The van der Waals surface area contributed by atoms with Gasteiger partial charge in [0.15, 0.2) is 5.92 Å². The number of carbonyl (C=O) groups excluding carboxylic acids is 2. The van der Waals surface area contributed by atoms with Crippen molar-refractivity contribution in [3.63, 3.8) is 0 Å². The largest absolute Gasteiger partial charge is 0.465 e. The highest BCUT2D eigenvalue weighted by Gasteiger charge is 2.28. The fourth-order valence-corrected chi connectivity index (χ4v) is 1.76. The van der Waals surface area contributed by atoms with Crippen LogP contribution in [0.15, 0.2) is 23.2 Å². The topological polar surface area (TPSA) is 108 Å². The van der Waals surface area contributed by atoms with Crippen LogP contribution in [0.4, 0.5) is 11.4 Å². The van der Waals surface area contributed by atoms with E-state index in [9.17, 15) is 19.7 Å². The molecule has 0 unspecified atom stereocenters. The van der Waals surface area contributed by atoms with Gasteiger partial charge in [0.2, 0.25) is 0 Å². The van der Waals surface area contributed by atoms with Gasteiger partial charge in [0.05, 0.1) is 18.1 Å². The van der Waals surface area contributed by atoms with Gasteiger partial charge in [-0.05, 0) is 26.0 Å². The number of halogens is 1. The number of hydrogen-bond acceptors (Lipinski definition) is 7. The highest BCUT2D eigenvalue weighted by atomic mass is 35.5. The molecule has 124 valence electrons. The zero-order valence-electron chi connectivity index (χ0n) is 12.5. The van der Waals surface area contributed by atoms with E-state index < -0.39 is 22.8 Å². The van der Waals surface area contributed by atoms with Crippen LogP contribution in [0.5, 0.6) is 0 Å². The number of benzene rings is 1. The molecule has 0 saturated carbocycles. The summed E-state index contributed by atoms with van der Waals surface area (Å²) in [5.74, 6) is -3.08. The van der Waals surface area contributed by atoms with Gasteiger partial charge in [0, 0.05) is 17.3 Å². The Morgan fingerprint density at radius 3 is 2.35 bits per heavy atom. The Hall–Kier alpha value is -2.48. The first-order valence-electron chi connectivity index (χ1n) is 6.72. The van der Waals surface area contributed by atoms with Crippen LogP contribution in [-0.2, 0) is 19.1 Å². The van der Waals surface area contributed by atoms with Gasteiger partial charge in [-0.3, -0.25) is 24.7 Å². The molecule has 23 heavy (non-hydrogen) atoms. The van der Waals surface area contributed by atoms with Gasteiger partial charge in [-0.25, -0.2) is 0 Å². The van der Waals surface area contributed by atoms with E-state index in [2.05, 4.69) is 4.99 Å². The predicted octanol–water partition coefficient (Wildman–Crippen LogP) is 2.69. The zero-order chi connectivity index (χ0) is 17.4. The van der Waals surface area contributed by atoms with Crippen LogP contribution in [0, 0.1) is 16.0 Å². The van der Waals surface area contributed by atoms with E-state index in [4.69, 9.17) is 21.1 Å². The molecule has 0 radical (unpaired) electrons. The maximum atomic E-state index is 11.8. The number of carbonyl (C=O) groups is 2. The van der Waals surface area contributed by atoms with E-state index in [1.807, 2.05) is 0 Å². The number of rotatable bonds is 7. The predicted molar refractivity (Wildman–Crippen MR) is 83.0 cm³/mol. The minimum Gasteiger partial charge on any atom is -0.465 e. The second-order valence-electron chi connectivity index (χ2n) is 4.15. The number of nitro groups is 1. The molecule has 0 spiro atoms. The van der Waals surface area contributed by atoms with Gasteiger partial charge < -0.3 is 9.47 Å². The van der Waals surface area contributed by atoms with E-state index in [1.165, 1.54) is 12.1 Å². The van der Waals surface area contributed by atoms with Crippen molar-refractivity contribution in [1.29, 1.82) is 0 Å². The minimum atomic E-state index is -1.40. The molecule has 0 N–H and O–H groups in total. The maximum absolute atomic E-state index is 11.8. The SMILES string of the molecule is CCOC(=O)C(C=Nc1ccc(Cl)cc1[N+](=O)[O-])C(=O)OCC. The molecule has 0 aliphatic carbocycles. The molecule has 0 aromatic heterocycles. The summed E-state index contributed by atoms with van der Waals surface area (Å²) in [5, 5.41) is 11.2. The van der Waals surface area contributed by atoms with Crippen molar-refractivity contribution in [2.45, 2.75) is 13.8 Å². The normalized spacial score (nSPS) is 10.8. The molecule has 0 saturated heterocycles. The summed E-state index contributed by atoms with van der Waals surface area (Å²) >= 11 is 5.70. The third-order valence-corrected chi connectivity index (χ3v) is 2.81. The average molecular weight is 343 g/mol. The summed E-state index contributed by atoms with van der Waals surface area (Å²) in [6.07, 6.45) is 0.965. The monoisotopic (exact) mass is 342 g/mol. The lowest BCUT2D eigenvalue weighted by Gasteiger charge is -2.10. The minimum absolute atomic E-state index is 0.0435. The lowest BCUT2D eigenvalue weighted by molar-refractivity contribution is -0.384. The van der Waals surface area contributed by atoms with E-state index >= 15 is 0 Å². The number of nitro benzene ring substituents is 1. The second kappa shape index (κ2) is 8.84. The molecule has 1 aromatic carbocycles. The van der Waals surface area contributed by atoms with Gasteiger partial charge in [0.25, 0.3) is 5.69 Å². The van der Waals surface area contributed by atoms with Crippen LogP contribution < -0.4 is 0 Å². The third kappa shape index (κ3) is 5.33. The zero-order valence-corrected chi connectivity index (χ0v) is 13.3. The van der Waals surface area contributed by atoms with Crippen LogP contribution in [0.1, 0.15) is 13.8 Å². The molecule has 0 aliphatic heterocycles. The first-order valence-corrected chi connectivity index (χ1v) is 7.09. The molecule has 8 nitrogen and oxygen atoms in total. The van der Waals surface area contributed by atoms with Crippen molar-refractivity contribution in [2.75, 3.05) is 13.2 Å². The lowest BCUT2D eigenvalue weighted by atomic mass is 10.1. The molecule has 0 aliphatic rings. The Balaban J connectivity index is 3.12. The summed E-state index contributed by atoms with van der Waals surface area (Å²) in [5.41, 5.74) is -0.391. The van der Waals surface area contributed by atoms with Crippen molar-refractivity contribution < 1.29 is 24.0 Å². The van der Waals surface area contributed by atoms with Crippen molar-refractivity contribution in [2.24, 2.45) is 10.9 Å². The molecule has 0 fully saturated rings. The summed E-state index contributed by atoms with van der Waals surface area (Å²) < 4.78 is 9.54. The summed E-state index contributed by atoms with van der Waals surface area (Å²) in [6, 6.07) is 3.84. The first-order chi connectivity index (χ1) is 10.9. The van der Waals surface area contributed by atoms with Gasteiger partial charge in [-0.2, -0.15) is 0 Å². The van der Waals surface area contributed by atoms with Crippen molar-refractivity contribution in [1.82, 2.24) is 0 Å². The number of nitrogens with zero attached hydrogens (tertiary/aromatic N) is 2. The molecule has 1 aromatic rings. The molecule has 0 heterocycles. The number of aliphatic imine (C=N–C) groups is 1. The molecule has 9 heteroatoms. The first kappa shape index (κ1) is 18.6. The quantitative estimate of drug-likeness (QED) is 0.248. The maximum Gasteiger partial charge on any atom is 0.325 e. The highest BCUT2D eigenvalue weighted by molar-refractivity contribution is 6.30. The number of ether oxygens (including phenoxy) is 2. The Bertz CT molecular complexity index is 614. The van der Waals surface area contributed by atoms with Gasteiger partial charge in [0.1, 0.15) is 5.69 Å². The Kier molecular flexibility index (Phi) is 7.14. The number of esters is 2. The van der Waals surface area contributed by atoms with Gasteiger partial charge in [-0.15, -0.1) is 0 Å². The molecule has 1 rings (SSSR count). The van der Waals surface area contributed by atoms with Crippen molar-refractivity contribution in [3.8, 4) is 0 Å². The van der Waals surface area contributed by atoms with Crippen LogP contribution in [-0.4, -0.2) is 36.3 Å². The summed E-state index contributed by atoms with van der Waals surface area (Å²) in [4.78, 5) is 37.7. The van der Waals surface area contributed by atoms with Crippen molar-refractivity contribution in [3.05, 3.63) is 33.3 Å². The van der Waals surface area contributed by atoms with Crippen LogP contribution in [0.2, 0.25) is 5.02 Å². The van der Waals surface area contributed by atoms with Crippen LogP contribution in [0.25, 0.3) is 0 Å². The van der Waals surface area contributed by atoms with Gasteiger partial charge in [-0.1, -0.05) is 11.6 Å². The Morgan fingerprint density at radius 1 is 1.30 bits per heavy atom. The Labute approximate surface area is 137 Å². The fraction of sp³-hybridized carbons (Fsp3) is 0.357. The Morgan fingerprint density at radius 2 is 1.87 bits per heavy atom. The molecular formula is C14H15ClN2O6. The summed E-state index contributed by atoms with van der Waals surface area (Å²) in [7, 11) is 0. The van der Waals surface area contributed by atoms with E-state index in [-0.39, 0.29) is 29.6 Å². The molecule has 0 bridgehead atoms. The third-order valence-electron chi connectivity index (χ3n) is 2.58. The van der Waals surface area contributed by atoms with Crippen molar-refractivity contribution >= 4 is 41.1 Å². The molecule has 0 atom stereocenters. The lowest BCUT2D eigenvalue weighted by Crippen LogP contribution is -2.29. The van der Waals surface area contributed by atoms with Crippen LogP contribution in [0.3, 0.4) is 0 Å². The van der Waals surface area contributed by atoms with Crippen LogP contribution >= 0.6 is 11.6 Å². The molecular weight excluding hydrogens is 328 g/mol. The summed E-state index contributed by atoms with van der Waals surface area (Å²) in [6.45, 7) is 3.32. The number of hydrogen-bond donors (Lipinski definition) is 0. The molecule has 0 amide bonds. The second-order valence-corrected chi connectivity index (χ2v) is 4.59. The standard InChI is InChI=1S/C14H15ClN2O6/c1-3-22-13(18)10(14(19)23-4-2)8-16-11-6-5-9(15)7-12(11)17(20)21/h5-8,10H,3-4H2,1-2H3. The van der Waals surface area contributed by atoms with E-state index in [1.54, 1.807) is 13.8 Å². The highest BCUT2D eigenvalue weighted by Crippen LogP contribution is 2.30.